The number of anilines is 1. The number of fused-ring (bicyclic) bond motifs is 1. The smallest absolute Gasteiger partial charge is 0.453 e. The van der Waals surface area contributed by atoms with Crippen molar-refractivity contribution in [1.29, 1.82) is 5.26 Å². The molecule has 31 heavy (non-hydrogen) atoms. The average Bonchev–Trinajstić information content (AvgIpc) is 3.17. The minimum Gasteiger partial charge on any atom is -0.453 e. The number of carbonyl (C=O) groups excluding carboxylic acids is 1. The Bertz CT molecular complexity index is 1150. The minimum absolute atomic E-state index is 0.137. The first-order chi connectivity index (χ1) is 15.0. The number of ether oxygens (including phenoxy) is 1. The van der Waals surface area contributed by atoms with Crippen LogP contribution >= 0.6 is 0 Å². The van der Waals surface area contributed by atoms with E-state index in [1.165, 1.54) is 19.5 Å². The van der Waals surface area contributed by atoms with E-state index in [9.17, 15) is 14.8 Å². The first kappa shape index (κ1) is 20.6. The predicted molar refractivity (Wildman–Crippen MR) is 114 cm³/mol. The third kappa shape index (κ3) is 4.30. The van der Waals surface area contributed by atoms with Gasteiger partial charge in [-0.05, 0) is 43.0 Å². The quantitative estimate of drug-likeness (QED) is 0.422. The molecule has 3 aromatic rings. The summed E-state index contributed by atoms with van der Waals surface area (Å²) in [5.41, 5.74) is 3.40. The van der Waals surface area contributed by atoms with Crippen molar-refractivity contribution >= 4 is 29.9 Å². The van der Waals surface area contributed by atoms with Gasteiger partial charge in [0.2, 0.25) is 0 Å². The topological polar surface area (TPSA) is 145 Å². The highest BCUT2D eigenvalue weighted by atomic mass is 16.5. The number of hydrogen-bond donors (Lipinski definition) is 4. The number of nitrogens with one attached hydrogen (secondary N) is 2. The van der Waals surface area contributed by atoms with Gasteiger partial charge in [-0.2, -0.15) is 10.4 Å². The summed E-state index contributed by atoms with van der Waals surface area (Å²) in [5, 5.41) is 38.9. The molecule has 3 aromatic heterocycles. The molecule has 3 heterocycles. The fourth-order valence-electron chi connectivity index (χ4n) is 3.73. The molecule has 10 nitrogen and oxygen atoms in total. The number of carbonyl (C=O) groups is 1. The lowest BCUT2D eigenvalue weighted by Crippen LogP contribution is -2.44. The Morgan fingerprint density at radius 1 is 1.35 bits per heavy atom. The summed E-state index contributed by atoms with van der Waals surface area (Å²) >= 11 is 0. The third-order valence-corrected chi connectivity index (χ3v) is 5.42. The molecule has 0 saturated heterocycles. The molecule has 0 aromatic carbocycles. The Labute approximate surface area is 178 Å². The van der Waals surface area contributed by atoms with Crippen LogP contribution in [0.25, 0.3) is 16.9 Å². The molecule has 0 unspecified atom stereocenters. The van der Waals surface area contributed by atoms with Crippen LogP contribution in [-0.4, -0.2) is 57.6 Å². The van der Waals surface area contributed by atoms with Crippen LogP contribution in [0.4, 0.5) is 10.5 Å². The number of hydrogen-bond acceptors (Lipinski definition) is 8. The molecule has 4 N–H and O–H groups in total. The molecular weight excluding hydrogens is 399 g/mol. The number of nitriles is 1. The van der Waals surface area contributed by atoms with Gasteiger partial charge < -0.3 is 25.4 Å². The van der Waals surface area contributed by atoms with Crippen molar-refractivity contribution in [3.05, 3.63) is 42.2 Å². The van der Waals surface area contributed by atoms with Crippen molar-refractivity contribution < 1.29 is 19.6 Å². The molecule has 1 amide bonds. The van der Waals surface area contributed by atoms with Gasteiger partial charge >= 0.3 is 13.2 Å². The SMILES string of the molecule is COC(=O)NC[C@H]1C[C@H](Nc2cc(-c3ccc4cc(C#N)cnn34)ncc2B(O)O)C1. The largest absolute Gasteiger partial charge is 0.492 e. The normalized spacial score (nSPS) is 17.5. The number of aromatic nitrogens is 3. The van der Waals surface area contributed by atoms with Gasteiger partial charge in [0.05, 0.1) is 35.8 Å². The average molecular weight is 420 g/mol. The second-order valence-corrected chi connectivity index (χ2v) is 7.49. The standard InChI is InChI=1S/C20H21BN6O4/c1-31-20(28)24-9-12-4-14(5-12)26-17-7-18(23-11-16(17)21(29)30)19-3-2-15-6-13(8-22)10-25-27(15)19/h2-3,6-7,10-12,14,29-30H,4-5,9H2,1H3,(H,23,26)(H,24,28)/t12-,14-. The van der Waals surface area contributed by atoms with Gasteiger partial charge in [0, 0.05) is 29.9 Å². The predicted octanol–water partition coefficient (Wildman–Crippen LogP) is 0.494. The molecule has 4 rings (SSSR count). The van der Waals surface area contributed by atoms with Gasteiger partial charge in [-0.15, -0.1) is 0 Å². The van der Waals surface area contributed by atoms with Gasteiger partial charge in [0.25, 0.3) is 0 Å². The van der Waals surface area contributed by atoms with Crippen LogP contribution in [0.3, 0.4) is 0 Å². The van der Waals surface area contributed by atoms with Crippen LogP contribution in [0.2, 0.25) is 0 Å². The molecule has 0 radical (unpaired) electrons. The summed E-state index contributed by atoms with van der Waals surface area (Å²) in [6.07, 6.45) is 4.12. The maximum absolute atomic E-state index is 11.2. The number of methoxy groups -OCH3 is 1. The Balaban J connectivity index is 1.53. The van der Waals surface area contributed by atoms with E-state index in [2.05, 4.69) is 31.5 Å². The highest BCUT2D eigenvalue weighted by Gasteiger charge is 2.31. The van der Waals surface area contributed by atoms with E-state index in [1.807, 2.05) is 12.1 Å². The van der Waals surface area contributed by atoms with E-state index in [-0.39, 0.29) is 11.5 Å². The summed E-state index contributed by atoms with van der Waals surface area (Å²) in [5.74, 6) is 0.327. The van der Waals surface area contributed by atoms with Crippen molar-refractivity contribution in [2.24, 2.45) is 5.92 Å². The monoisotopic (exact) mass is 420 g/mol. The fraction of sp³-hybridized carbons (Fsp3) is 0.300. The van der Waals surface area contributed by atoms with Crippen LogP contribution in [0.5, 0.6) is 0 Å². The third-order valence-electron chi connectivity index (χ3n) is 5.42. The highest BCUT2D eigenvalue weighted by molar-refractivity contribution is 6.60. The molecule has 0 atom stereocenters. The zero-order chi connectivity index (χ0) is 22.0. The fourth-order valence-corrected chi connectivity index (χ4v) is 3.73. The zero-order valence-corrected chi connectivity index (χ0v) is 16.8. The van der Waals surface area contributed by atoms with E-state index in [1.54, 1.807) is 16.6 Å². The summed E-state index contributed by atoms with van der Waals surface area (Å²) in [7, 11) is -0.337. The molecule has 1 saturated carbocycles. The number of nitrogens with zero attached hydrogens (tertiary/aromatic N) is 4. The maximum atomic E-state index is 11.2. The molecule has 1 aliphatic rings. The van der Waals surface area contributed by atoms with Crippen molar-refractivity contribution in [3.63, 3.8) is 0 Å². The van der Waals surface area contributed by atoms with E-state index in [0.29, 0.717) is 29.4 Å². The highest BCUT2D eigenvalue weighted by Crippen LogP contribution is 2.30. The van der Waals surface area contributed by atoms with Crippen LogP contribution in [0, 0.1) is 17.2 Å². The lowest BCUT2D eigenvalue weighted by Gasteiger charge is -2.37. The van der Waals surface area contributed by atoms with Crippen LogP contribution in [-0.2, 0) is 4.74 Å². The van der Waals surface area contributed by atoms with E-state index in [4.69, 9.17) is 5.26 Å². The van der Waals surface area contributed by atoms with E-state index in [0.717, 1.165) is 24.1 Å². The van der Waals surface area contributed by atoms with Gasteiger partial charge in [-0.1, -0.05) is 0 Å². The minimum atomic E-state index is -1.67. The van der Waals surface area contributed by atoms with Gasteiger partial charge in [0.1, 0.15) is 6.07 Å². The summed E-state index contributed by atoms with van der Waals surface area (Å²) in [4.78, 5) is 15.6. The Hall–Kier alpha value is -3.62. The maximum Gasteiger partial charge on any atom is 0.492 e. The van der Waals surface area contributed by atoms with Gasteiger partial charge in [-0.25, -0.2) is 9.31 Å². The number of alkyl carbamates (subject to hydrolysis) is 1. The Kier molecular flexibility index (Phi) is 5.75. The lowest BCUT2D eigenvalue weighted by atomic mass is 9.77. The van der Waals surface area contributed by atoms with Crippen LogP contribution in [0.1, 0.15) is 18.4 Å². The Morgan fingerprint density at radius 3 is 2.87 bits per heavy atom. The molecule has 1 fully saturated rings. The molecule has 0 bridgehead atoms. The Morgan fingerprint density at radius 2 is 2.16 bits per heavy atom. The number of pyridine rings is 1. The second-order valence-electron chi connectivity index (χ2n) is 7.49. The van der Waals surface area contributed by atoms with E-state index < -0.39 is 13.2 Å². The molecule has 1 aliphatic carbocycles. The first-order valence-corrected chi connectivity index (χ1v) is 9.81. The van der Waals surface area contributed by atoms with Crippen molar-refractivity contribution in [3.8, 4) is 17.5 Å². The number of amides is 1. The van der Waals surface area contributed by atoms with Gasteiger partial charge in [-0.3, -0.25) is 4.98 Å². The van der Waals surface area contributed by atoms with Crippen molar-refractivity contribution in [2.75, 3.05) is 19.0 Å². The first-order valence-electron chi connectivity index (χ1n) is 9.81. The van der Waals surface area contributed by atoms with Crippen molar-refractivity contribution in [2.45, 2.75) is 18.9 Å². The van der Waals surface area contributed by atoms with Crippen LogP contribution < -0.4 is 16.1 Å². The molecule has 0 aliphatic heterocycles. The van der Waals surface area contributed by atoms with E-state index >= 15 is 0 Å². The zero-order valence-electron chi connectivity index (χ0n) is 16.8. The molecular formula is C20H21BN6O4. The summed E-state index contributed by atoms with van der Waals surface area (Å²) in [6.45, 7) is 0.536. The van der Waals surface area contributed by atoms with Gasteiger partial charge in [0.15, 0.2) is 0 Å². The molecule has 158 valence electrons. The summed E-state index contributed by atoms with van der Waals surface area (Å²) < 4.78 is 6.26. The number of rotatable bonds is 6. The molecule has 0 spiro atoms. The van der Waals surface area contributed by atoms with Crippen LogP contribution in [0.15, 0.2) is 36.7 Å². The van der Waals surface area contributed by atoms with Crippen molar-refractivity contribution in [1.82, 2.24) is 19.9 Å². The molecule has 11 heteroatoms. The second kappa shape index (κ2) is 8.63. The summed E-state index contributed by atoms with van der Waals surface area (Å²) in [6, 6.07) is 9.39. The lowest BCUT2D eigenvalue weighted by molar-refractivity contribution is 0.164.